The second kappa shape index (κ2) is 8.39. The first-order valence-corrected chi connectivity index (χ1v) is 8.40. The molecule has 3 heteroatoms. The molecule has 0 atom stereocenters. The van der Waals surface area contributed by atoms with Crippen LogP contribution in [0.15, 0.2) is 30.3 Å². The number of likely N-dealkylation sites (tertiary alicyclic amines) is 1. The standard InChI is InChI=1S/C16H23NOS/c18-16(15-8-4-3-5-9-15)14-19-13-12-17-10-6-1-2-7-11-17/h3-5,8-9H,1-2,6-7,10-14H2. The van der Waals surface area contributed by atoms with Gasteiger partial charge in [0, 0.05) is 17.9 Å². The molecule has 0 N–H and O–H groups in total. The van der Waals surface area contributed by atoms with E-state index in [0.29, 0.717) is 5.75 Å². The van der Waals surface area contributed by atoms with Crippen LogP contribution in [0.4, 0.5) is 0 Å². The molecular formula is C16H23NOS. The fourth-order valence-corrected chi connectivity index (χ4v) is 3.31. The predicted molar refractivity (Wildman–Crippen MR) is 83.0 cm³/mol. The number of benzene rings is 1. The van der Waals surface area contributed by atoms with Crippen molar-refractivity contribution in [2.75, 3.05) is 31.1 Å². The van der Waals surface area contributed by atoms with Crippen LogP contribution in [0.3, 0.4) is 0 Å². The molecule has 104 valence electrons. The fraction of sp³-hybridized carbons (Fsp3) is 0.562. The van der Waals surface area contributed by atoms with E-state index in [1.165, 1.54) is 38.8 Å². The molecule has 1 heterocycles. The van der Waals surface area contributed by atoms with E-state index >= 15 is 0 Å². The molecule has 0 aromatic heterocycles. The van der Waals surface area contributed by atoms with Gasteiger partial charge in [0.2, 0.25) is 0 Å². The van der Waals surface area contributed by atoms with Gasteiger partial charge in [-0.1, -0.05) is 43.2 Å². The molecule has 2 nitrogen and oxygen atoms in total. The van der Waals surface area contributed by atoms with Gasteiger partial charge in [0.25, 0.3) is 0 Å². The summed E-state index contributed by atoms with van der Waals surface area (Å²) < 4.78 is 0. The van der Waals surface area contributed by atoms with Crippen molar-refractivity contribution in [2.24, 2.45) is 0 Å². The van der Waals surface area contributed by atoms with Crippen LogP contribution in [0, 0.1) is 0 Å². The van der Waals surface area contributed by atoms with Gasteiger partial charge in [0.15, 0.2) is 5.78 Å². The Morgan fingerprint density at radius 1 is 1.05 bits per heavy atom. The SMILES string of the molecule is O=C(CSCCN1CCCCCC1)c1ccccc1. The summed E-state index contributed by atoms with van der Waals surface area (Å²) in [6.07, 6.45) is 5.45. The van der Waals surface area contributed by atoms with Crippen LogP contribution in [0.1, 0.15) is 36.0 Å². The van der Waals surface area contributed by atoms with Gasteiger partial charge >= 0.3 is 0 Å². The summed E-state index contributed by atoms with van der Waals surface area (Å²) in [6, 6.07) is 9.60. The van der Waals surface area contributed by atoms with E-state index in [9.17, 15) is 4.79 Å². The first-order valence-electron chi connectivity index (χ1n) is 7.24. The van der Waals surface area contributed by atoms with E-state index in [1.54, 1.807) is 11.8 Å². The van der Waals surface area contributed by atoms with Crippen molar-refractivity contribution >= 4 is 17.5 Å². The third-order valence-corrected chi connectivity index (χ3v) is 4.52. The molecule has 1 saturated heterocycles. The Balaban J connectivity index is 1.62. The highest BCUT2D eigenvalue weighted by molar-refractivity contribution is 8.00. The summed E-state index contributed by atoms with van der Waals surface area (Å²) in [5, 5.41) is 0. The maximum Gasteiger partial charge on any atom is 0.172 e. The van der Waals surface area contributed by atoms with Crippen molar-refractivity contribution in [2.45, 2.75) is 25.7 Å². The Kier molecular flexibility index (Phi) is 6.45. The Labute approximate surface area is 120 Å². The molecule has 0 amide bonds. The Morgan fingerprint density at radius 3 is 2.42 bits per heavy atom. The fourth-order valence-electron chi connectivity index (χ4n) is 2.43. The number of nitrogens with zero attached hydrogens (tertiary/aromatic N) is 1. The lowest BCUT2D eigenvalue weighted by atomic mass is 10.2. The topological polar surface area (TPSA) is 20.3 Å². The lowest BCUT2D eigenvalue weighted by molar-refractivity contribution is 0.102. The minimum atomic E-state index is 0.251. The normalized spacial score (nSPS) is 17.1. The van der Waals surface area contributed by atoms with Crippen LogP contribution >= 0.6 is 11.8 Å². The smallest absolute Gasteiger partial charge is 0.172 e. The minimum Gasteiger partial charge on any atom is -0.303 e. The number of hydrogen-bond acceptors (Lipinski definition) is 3. The molecule has 1 aliphatic heterocycles. The van der Waals surface area contributed by atoms with Crippen LogP contribution < -0.4 is 0 Å². The molecule has 0 radical (unpaired) electrons. The maximum atomic E-state index is 11.9. The minimum absolute atomic E-state index is 0.251. The van der Waals surface area contributed by atoms with Gasteiger partial charge in [0.1, 0.15) is 0 Å². The molecule has 0 aliphatic carbocycles. The molecule has 2 rings (SSSR count). The molecule has 1 fully saturated rings. The number of carbonyl (C=O) groups excluding carboxylic acids is 1. The van der Waals surface area contributed by atoms with E-state index in [-0.39, 0.29) is 5.78 Å². The first kappa shape index (κ1) is 14.6. The van der Waals surface area contributed by atoms with Gasteiger partial charge in [-0.2, -0.15) is 11.8 Å². The van der Waals surface area contributed by atoms with Gasteiger partial charge in [0.05, 0.1) is 5.75 Å². The van der Waals surface area contributed by atoms with Gasteiger partial charge in [-0.05, 0) is 25.9 Å². The predicted octanol–water partition coefficient (Wildman–Crippen LogP) is 3.48. The second-order valence-electron chi connectivity index (χ2n) is 5.10. The Hall–Kier alpha value is -0.800. The summed E-state index contributed by atoms with van der Waals surface area (Å²) in [4.78, 5) is 14.5. The highest BCUT2D eigenvalue weighted by Gasteiger charge is 2.09. The molecule has 1 aliphatic rings. The first-order chi connectivity index (χ1) is 9.36. The number of thioether (sulfide) groups is 1. The number of hydrogen-bond donors (Lipinski definition) is 0. The lowest BCUT2D eigenvalue weighted by Crippen LogP contribution is -2.27. The van der Waals surface area contributed by atoms with Gasteiger partial charge in [-0.25, -0.2) is 0 Å². The van der Waals surface area contributed by atoms with Crippen molar-refractivity contribution in [3.63, 3.8) is 0 Å². The molecule has 1 aromatic carbocycles. The van der Waals surface area contributed by atoms with E-state index < -0.39 is 0 Å². The number of Topliss-reactive ketones (excluding diaryl/α,β-unsaturated/α-hetero) is 1. The van der Waals surface area contributed by atoms with Crippen molar-refractivity contribution in [3.8, 4) is 0 Å². The molecular weight excluding hydrogens is 254 g/mol. The zero-order chi connectivity index (χ0) is 13.3. The molecule has 0 saturated carbocycles. The van der Waals surface area contributed by atoms with E-state index in [0.717, 1.165) is 17.9 Å². The van der Waals surface area contributed by atoms with Crippen LogP contribution in [-0.2, 0) is 0 Å². The largest absolute Gasteiger partial charge is 0.303 e. The van der Waals surface area contributed by atoms with Crippen molar-refractivity contribution in [3.05, 3.63) is 35.9 Å². The molecule has 0 spiro atoms. The monoisotopic (exact) mass is 277 g/mol. The van der Waals surface area contributed by atoms with Crippen molar-refractivity contribution in [1.29, 1.82) is 0 Å². The van der Waals surface area contributed by atoms with Crippen LogP contribution in [0.2, 0.25) is 0 Å². The third-order valence-electron chi connectivity index (χ3n) is 3.58. The average Bonchev–Trinajstić information content (AvgIpc) is 2.73. The Bertz CT molecular complexity index is 372. The van der Waals surface area contributed by atoms with E-state index in [1.807, 2.05) is 30.3 Å². The number of rotatable bonds is 6. The number of ketones is 1. The number of carbonyl (C=O) groups is 1. The molecule has 0 bridgehead atoms. The zero-order valence-electron chi connectivity index (χ0n) is 11.5. The summed E-state index contributed by atoms with van der Waals surface area (Å²) in [5.41, 5.74) is 0.838. The molecule has 19 heavy (non-hydrogen) atoms. The van der Waals surface area contributed by atoms with Crippen molar-refractivity contribution in [1.82, 2.24) is 4.90 Å². The highest BCUT2D eigenvalue weighted by atomic mass is 32.2. The van der Waals surface area contributed by atoms with Crippen LogP contribution in [-0.4, -0.2) is 41.8 Å². The average molecular weight is 277 g/mol. The summed E-state index contributed by atoms with van der Waals surface area (Å²) in [7, 11) is 0. The lowest BCUT2D eigenvalue weighted by Gasteiger charge is -2.19. The quantitative estimate of drug-likeness (QED) is 0.586. The van der Waals surface area contributed by atoms with Gasteiger partial charge in [-0.15, -0.1) is 0 Å². The molecule has 0 unspecified atom stereocenters. The Morgan fingerprint density at radius 2 is 1.74 bits per heavy atom. The third kappa shape index (κ3) is 5.37. The highest BCUT2D eigenvalue weighted by Crippen LogP contribution is 2.12. The molecule has 1 aromatic rings. The van der Waals surface area contributed by atoms with E-state index in [4.69, 9.17) is 0 Å². The van der Waals surface area contributed by atoms with Gasteiger partial charge in [-0.3, -0.25) is 4.79 Å². The summed E-state index contributed by atoms with van der Waals surface area (Å²) >= 11 is 1.77. The van der Waals surface area contributed by atoms with E-state index in [2.05, 4.69) is 4.90 Å². The summed E-state index contributed by atoms with van der Waals surface area (Å²) in [6.45, 7) is 3.62. The maximum absolute atomic E-state index is 11.9. The zero-order valence-corrected chi connectivity index (χ0v) is 12.3. The second-order valence-corrected chi connectivity index (χ2v) is 6.20. The van der Waals surface area contributed by atoms with Crippen molar-refractivity contribution < 1.29 is 4.79 Å². The summed E-state index contributed by atoms with van der Waals surface area (Å²) in [5.74, 6) is 1.93. The van der Waals surface area contributed by atoms with Crippen LogP contribution in [0.25, 0.3) is 0 Å². The van der Waals surface area contributed by atoms with Gasteiger partial charge < -0.3 is 4.90 Å². The van der Waals surface area contributed by atoms with Crippen LogP contribution in [0.5, 0.6) is 0 Å².